The van der Waals surface area contributed by atoms with Crippen LogP contribution < -0.4 is 5.32 Å². The van der Waals surface area contributed by atoms with Crippen molar-refractivity contribution in [1.29, 1.82) is 0 Å². The van der Waals surface area contributed by atoms with Crippen molar-refractivity contribution in [2.24, 2.45) is 0 Å². The van der Waals surface area contributed by atoms with Crippen LogP contribution in [0, 0.1) is 5.82 Å². The Morgan fingerprint density at radius 3 is 2.61 bits per heavy atom. The summed E-state index contributed by atoms with van der Waals surface area (Å²) in [6.07, 6.45) is 0. The Hall–Kier alpha value is -1.07. The molecular formula is C13H10Br2FNO. The van der Waals surface area contributed by atoms with E-state index in [4.69, 9.17) is 0 Å². The number of hydrogen-bond donors (Lipinski definition) is 2. The first kappa shape index (κ1) is 13.4. The summed E-state index contributed by atoms with van der Waals surface area (Å²) in [7, 11) is 0. The van der Waals surface area contributed by atoms with Crippen molar-refractivity contribution >= 4 is 37.5 Å². The van der Waals surface area contributed by atoms with Crippen molar-refractivity contribution in [3.63, 3.8) is 0 Å². The van der Waals surface area contributed by atoms with E-state index in [-0.39, 0.29) is 11.6 Å². The molecule has 0 aromatic heterocycles. The molecule has 5 heteroatoms. The summed E-state index contributed by atoms with van der Waals surface area (Å²) in [6.45, 7) is 0.462. The molecule has 2 aromatic rings. The lowest BCUT2D eigenvalue weighted by atomic mass is 10.2. The van der Waals surface area contributed by atoms with Gasteiger partial charge in [-0.1, -0.05) is 12.1 Å². The second-order valence-electron chi connectivity index (χ2n) is 3.73. The van der Waals surface area contributed by atoms with Gasteiger partial charge in [0.1, 0.15) is 11.6 Å². The molecule has 2 N–H and O–H groups in total. The number of aromatic hydroxyl groups is 1. The van der Waals surface area contributed by atoms with Crippen LogP contribution in [-0.4, -0.2) is 5.11 Å². The number of hydrogen-bond acceptors (Lipinski definition) is 2. The summed E-state index contributed by atoms with van der Waals surface area (Å²) in [5.41, 5.74) is 1.55. The molecule has 0 atom stereocenters. The molecule has 0 heterocycles. The van der Waals surface area contributed by atoms with E-state index in [1.165, 1.54) is 6.07 Å². The van der Waals surface area contributed by atoms with Crippen LogP contribution in [0.2, 0.25) is 0 Å². The summed E-state index contributed by atoms with van der Waals surface area (Å²) in [5, 5.41) is 12.9. The predicted octanol–water partition coefficient (Wildman–Crippen LogP) is 4.67. The Bertz CT molecular complexity index is 575. The van der Waals surface area contributed by atoms with Crippen LogP contribution >= 0.6 is 31.9 Å². The molecule has 94 valence electrons. The van der Waals surface area contributed by atoms with Crippen molar-refractivity contribution in [2.45, 2.75) is 6.54 Å². The zero-order chi connectivity index (χ0) is 13.1. The molecular weight excluding hydrogens is 365 g/mol. The highest BCUT2D eigenvalue weighted by Gasteiger charge is 2.05. The summed E-state index contributed by atoms with van der Waals surface area (Å²) < 4.78 is 14.1. The lowest BCUT2D eigenvalue weighted by Crippen LogP contribution is -2.00. The van der Waals surface area contributed by atoms with Crippen molar-refractivity contribution in [3.8, 4) is 5.75 Å². The monoisotopic (exact) mass is 373 g/mol. The number of benzene rings is 2. The molecule has 0 radical (unpaired) electrons. The number of halogens is 3. The second kappa shape index (κ2) is 5.71. The van der Waals surface area contributed by atoms with E-state index in [0.29, 0.717) is 15.5 Å². The van der Waals surface area contributed by atoms with Gasteiger partial charge in [0.2, 0.25) is 0 Å². The molecule has 0 spiro atoms. The van der Waals surface area contributed by atoms with E-state index in [2.05, 4.69) is 37.2 Å². The fourth-order valence-corrected chi connectivity index (χ4v) is 2.29. The number of para-hydroxylation sites is 1. The Morgan fingerprint density at radius 1 is 1.11 bits per heavy atom. The minimum Gasteiger partial charge on any atom is -0.506 e. The standard InChI is InChI=1S/C13H10Br2FNO/c14-10-3-1-2-8(13(10)18)7-17-9-4-5-12(16)11(15)6-9/h1-6,17-18H,7H2. The lowest BCUT2D eigenvalue weighted by molar-refractivity contribution is 0.465. The molecule has 0 unspecified atom stereocenters. The summed E-state index contributed by atoms with van der Waals surface area (Å²) in [4.78, 5) is 0. The first-order valence-electron chi connectivity index (χ1n) is 5.23. The molecule has 2 aromatic carbocycles. The van der Waals surface area contributed by atoms with Gasteiger partial charge in [-0.05, 0) is 56.1 Å². The highest BCUT2D eigenvalue weighted by molar-refractivity contribution is 9.10. The van der Waals surface area contributed by atoms with E-state index >= 15 is 0 Å². The average molecular weight is 375 g/mol. The summed E-state index contributed by atoms with van der Waals surface area (Å²) in [6, 6.07) is 10.1. The van der Waals surface area contributed by atoms with Crippen LogP contribution in [0.1, 0.15) is 5.56 Å². The molecule has 0 aliphatic carbocycles. The third-order valence-corrected chi connectivity index (χ3v) is 3.72. The molecule has 0 aliphatic rings. The van der Waals surface area contributed by atoms with Crippen molar-refractivity contribution in [2.75, 3.05) is 5.32 Å². The first-order chi connectivity index (χ1) is 8.58. The van der Waals surface area contributed by atoms with Crippen LogP contribution in [0.4, 0.5) is 10.1 Å². The Labute approximate surface area is 121 Å². The number of phenolic OH excluding ortho intramolecular Hbond substituents is 1. The molecule has 2 rings (SSSR count). The van der Waals surface area contributed by atoms with Gasteiger partial charge in [-0.15, -0.1) is 0 Å². The zero-order valence-electron chi connectivity index (χ0n) is 9.25. The maximum Gasteiger partial charge on any atom is 0.137 e. The highest BCUT2D eigenvalue weighted by Crippen LogP contribution is 2.28. The SMILES string of the molecule is Oc1c(Br)cccc1CNc1ccc(F)c(Br)c1. The van der Waals surface area contributed by atoms with Gasteiger partial charge in [0, 0.05) is 17.8 Å². The Balaban J connectivity index is 2.11. The number of phenols is 1. The average Bonchev–Trinajstić information content (AvgIpc) is 2.35. The maximum absolute atomic E-state index is 13.1. The Kier molecular flexibility index (Phi) is 4.24. The van der Waals surface area contributed by atoms with Gasteiger partial charge in [0.25, 0.3) is 0 Å². The fraction of sp³-hybridized carbons (Fsp3) is 0.0769. The molecule has 18 heavy (non-hydrogen) atoms. The van der Waals surface area contributed by atoms with Gasteiger partial charge < -0.3 is 10.4 Å². The highest BCUT2D eigenvalue weighted by atomic mass is 79.9. The predicted molar refractivity (Wildman–Crippen MR) is 77.2 cm³/mol. The first-order valence-corrected chi connectivity index (χ1v) is 6.82. The van der Waals surface area contributed by atoms with E-state index in [9.17, 15) is 9.50 Å². The molecule has 0 saturated heterocycles. The third kappa shape index (κ3) is 3.03. The minimum absolute atomic E-state index is 0.214. The minimum atomic E-state index is -0.300. The fourth-order valence-electron chi connectivity index (χ4n) is 1.51. The van der Waals surface area contributed by atoms with Crippen molar-refractivity contribution in [1.82, 2.24) is 0 Å². The molecule has 0 saturated carbocycles. The largest absolute Gasteiger partial charge is 0.506 e. The quantitative estimate of drug-likeness (QED) is 0.818. The summed E-state index contributed by atoms with van der Waals surface area (Å²) in [5.74, 6) is -0.0861. The van der Waals surface area contributed by atoms with E-state index in [1.54, 1.807) is 18.2 Å². The lowest BCUT2D eigenvalue weighted by Gasteiger charge is -2.09. The molecule has 2 nitrogen and oxygen atoms in total. The Morgan fingerprint density at radius 2 is 1.89 bits per heavy atom. The van der Waals surface area contributed by atoms with Gasteiger partial charge >= 0.3 is 0 Å². The van der Waals surface area contributed by atoms with Gasteiger partial charge in [-0.25, -0.2) is 4.39 Å². The smallest absolute Gasteiger partial charge is 0.137 e. The van der Waals surface area contributed by atoms with Gasteiger partial charge in [-0.2, -0.15) is 0 Å². The van der Waals surface area contributed by atoms with Crippen LogP contribution in [0.3, 0.4) is 0 Å². The number of anilines is 1. The number of nitrogens with one attached hydrogen (secondary N) is 1. The maximum atomic E-state index is 13.1. The van der Waals surface area contributed by atoms with E-state index in [1.807, 2.05) is 12.1 Å². The zero-order valence-corrected chi connectivity index (χ0v) is 12.4. The van der Waals surface area contributed by atoms with Crippen LogP contribution in [0.25, 0.3) is 0 Å². The van der Waals surface area contributed by atoms with Crippen molar-refractivity contribution < 1.29 is 9.50 Å². The molecule has 0 amide bonds. The van der Waals surface area contributed by atoms with Gasteiger partial charge in [0.05, 0.1) is 8.95 Å². The summed E-state index contributed by atoms with van der Waals surface area (Å²) >= 11 is 6.39. The molecule has 0 fully saturated rings. The third-order valence-electron chi connectivity index (χ3n) is 2.47. The van der Waals surface area contributed by atoms with Crippen molar-refractivity contribution in [3.05, 3.63) is 56.7 Å². The normalized spacial score (nSPS) is 10.4. The molecule has 0 aliphatic heterocycles. The molecule has 0 bridgehead atoms. The van der Waals surface area contributed by atoms with Crippen LogP contribution in [-0.2, 0) is 6.54 Å². The second-order valence-corrected chi connectivity index (χ2v) is 5.44. The van der Waals surface area contributed by atoms with Gasteiger partial charge in [-0.3, -0.25) is 0 Å². The topological polar surface area (TPSA) is 32.3 Å². The van der Waals surface area contributed by atoms with Crippen LogP contribution in [0.5, 0.6) is 5.75 Å². The van der Waals surface area contributed by atoms with E-state index < -0.39 is 0 Å². The van der Waals surface area contributed by atoms with E-state index in [0.717, 1.165) is 11.3 Å². The number of rotatable bonds is 3. The van der Waals surface area contributed by atoms with Gasteiger partial charge in [0.15, 0.2) is 0 Å². The van der Waals surface area contributed by atoms with Crippen LogP contribution in [0.15, 0.2) is 45.3 Å².